The van der Waals surface area contributed by atoms with Gasteiger partial charge in [0.25, 0.3) is 0 Å². The van der Waals surface area contributed by atoms with Gasteiger partial charge in [0.05, 0.1) is 0 Å². The van der Waals surface area contributed by atoms with Crippen LogP contribution < -0.4 is 14.8 Å². The first-order valence-electron chi connectivity index (χ1n) is 7.71. The molecule has 126 valence electrons. The Morgan fingerprint density at radius 2 is 2.04 bits per heavy atom. The third kappa shape index (κ3) is 3.26. The van der Waals surface area contributed by atoms with Crippen LogP contribution in [0.2, 0.25) is 0 Å². The molecule has 1 fully saturated rings. The zero-order valence-electron chi connectivity index (χ0n) is 13.0. The fraction of sp³-hybridized carbons (Fsp3) is 0.400. The first-order chi connectivity index (χ1) is 11.8. The highest BCUT2D eigenvalue weighted by Crippen LogP contribution is 2.32. The van der Waals surface area contributed by atoms with E-state index in [4.69, 9.17) is 9.47 Å². The Morgan fingerprint density at radius 1 is 1.21 bits per heavy atom. The first-order valence-corrected chi connectivity index (χ1v) is 8.59. The van der Waals surface area contributed by atoms with Crippen molar-refractivity contribution in [1.29, 1.82) is 0 Å². The largest absolute Gasteiger partial charge is 0.454 e. The highest BCUT2D eigenvalue weighted by molar-refractivity contribution is 7.13. The zero-order chi connectivity index (χ0) is 16.4. The topological polar surface area (TPSA) is 79.8 Å². The maximum atomic E-state index is 12.2. The molecule has 8 nitrogen and oxygen atoms in total. The summed E-state index contributed by atoms with van der Waals surface area (Å²) >= 11 is 1.31. The summed E-state index contributed by atoms with van der Waals surface area (Å²) in [6.07, 6.45) is 0. The van der Waals surface area contributed by atoms with Gasteiger partial charge in [0.2, 0.25) is 11.9 Å². The van der Waals surface area contributed by atoms with Gasteiger partial charge in [-0.05, 0) is 17.7 Å². The van der Waals surface area contributed by atoms with Crippen LogP contribution in [-0.2, 0) is 6.54 Å². The van der Waals surface area contributed by atoms with E-state index in [2.05, 4.69) is 26.5 Å². The molecule has 0 unspecified atom stereocenters. The molecule has 3 heterocycles. The summed E-state index contributed by atoms with van der Waals surface area (Å²) in [5.74, 6) is 1.61. The van der Waals surface area contributed by atoms with Gasteiger partial charge in [-0.1, -0.05) is 17.4 Å². The molecule has 0 bridgehead atoms. The molecule has 9 heteroatoms. The van der Waals surface area contributed by atoms with Crippen LogP contribution in [0.25, 0.3) is 0 Å². The number of hydrogen-bond acceptors (Lipinski definition) is 7. The average molecular weight is 347 g/mol. The fourth-order valence-electron chi connectivity index (χ4n) is 2.80. The molecule has 0 atom stereocenters. The van der Waals surface area contributed by atoms with Gasteiger partial charge in [-0.15, -0.1) is 10.2 Å². The fourth-order valence-corrected chi connectivity index (χ4v) is 3.24. The normalized spacial score (nSPS) is 17.1. The lowest BCUT2D eigenvalue weighted by molar-refractivity contribution is 0.143. The van der Waals surface area contributed by atoms with Crippen molar-refractivity contribution < 1.29 is 14.3 Å². The first kappa shape index (κ1) is 15.2. The van der Waals surface area contributed by atoms with E-state index in [0.29, 0.717) is 25.0 Å². The summed E-state index contributed by atoms with van der Waals surface area (Å²) in [6, 6.07) is 5.91. The molecule has 2 aromatic rings. The second-order valence-electron chi connectivity index (χ2n) is 5.62. The van der Waals surface area contributed by atoms with Gasteiger partial charge in [-0.2, -0.15) is 0 Å². The molecule has 4 rings (SSSR count). The summed E-state index contributed by atoms with van der Waals surface area (Å²) in [4.78, 5) is 16.3. The number of urea groups is 1. The highest BCUT2D eigenvalue weighted by atomic mass is 32.1. The van der Waals surface area contributed by atoms with Crippen LogP contribution >= 0.6 is 11.3 Å². The van der Waals surface area contributed by atoms with Crippen LogP contribution in [0.1, 0.15) is 5.56 Å². The van der Waals surface area contributed by atoms with E-state index < -0.39 is 0 Å². The minimum atomic E-state index is -0.116. The molecule has 2 aliphatic rings. The monoisotopic (exact) mass is 347 g/mol. The zero-order valence-corrected chi connectivity index (χ0v) is 13.8. The molecule has 0 spiro atoms. The van der Waals surface area contributed by atoms with E-state index in [0.717, 1.165) is 31.1 Å². The Labute approximate surface area is 143 Å². The van der Waals surface area contributed by atoms with E-state index in [-0.39, 0.29) is 6.03 Å². The van der Waals surface area contributed by atoms with E-state index in [9.17, 15) is 4.79 Å². The standard InChI is InChI=1S/C15H17N5O3S/c21-15(17-14-18-16-9-24-14)20-5-3-19(4-6-20)8-11-1-2-12-13(7-11)23-10-22-12/h1-2,7,9H,3-6,8,10H2,(H,17,18,21). The summed E-state index contributed by atoms with van der Waals surface area (Å²) in [7, 11) is 0. The number of piperazine rings is 1. The number of benzene rings is 1. The highest BCUT2D eigenvalue weighted by Gasteiger charge is 2.22. The molecule has 2 aliphatic heterocycles. The van der Waals surface area contributed by atoms with Gasteiger partial charge in [-0.3, -0.25) is 10.2 Å². The number of anilines is 1. The van der Waals surface area contributed by atoms with Crippen LogP contribution in [0.15, 0.2) is 23.7 Å². The molecule has 0 aliphatic carbocycles. The molecule has 0 radical (unpaired) electrons. The van der Waals surface area contributed by atoms with Crippen molar-refractivity contribution in [1.82, 2.24) is 20.0 Å². The lowest BCUT2D eigenvalue weighted by atomic mass is 10.1. The Hall–Kier alpha value is -2.39. The number of ether oxygens (including phenoxy) is 2. The maximum Gasteiger partial charge on any atom is 0.323 e. The van der Waals surface area contributed by atoms with Crippen molar-refractivity contribution in [3.05, 3.63) is 29.3 Å². The molecular weight excluding hydrogens is 330 g/mol. The molecule has 1 aromatic heterocycles. The number of nitrogens with zero attached hydrogens (tertiary/aromatic N) is 4. The van der Waals surface area contributed by atoms with Gasteiger partial charge >= 0.3 is 6.03 Å². The summed E-state index contributed by atoms with van der Waals surface area (Å²) < 4.78 is 10.7. The predicted octanol–water partition coefficient (Wildman–Crippen LogP) is 1.62. The third-order valence-electron chi connectivity index (χ3n) is 4.08. The maximum absolute atomic E-state index is 12.2. The molecule has 0 saturated carbocycles. The van der Waals surface area contributed by atoms with Crippen molar-refractivity contribution in [3.8, 4) is 11.5 Å². The molecule has 24 heavy (non-hydrogen) atoms. The van der Waals surface area contributed by atoms with Crippen molar-refractivity contribution >= 4 is 22.5 Å². The smallest absolute Gasteiger partial charge is 0.323 e. The summed E-state index contributed by atoms with van der Waals surface area (Å²) in [6.45, 7) is 4.17. The van der Waals surface area contributed by atoms with Crippen molar-refractivity contribution in [2.75, 3.05) is 38.3 Å². The van der Waals surface area contributed by atoms with Gasteiger partial charge in [0.15, 0.2) is 11.5 Å². The van der Waals surface area contributed by atoms with Crippen LogP contribution in [0.3, 0.4) is 0 Å². The van der Waals surface area contributed by atoms with Gasteiger partial charge in [0, 0.05) is 32.7 Å². The number of carbonyl (C=O) groups is 1. The Morgan fingerprint density at radius 3 is 2.83 bits per heavy atom. The third-order valence-corrected chi connectivity index (χ3v) is 4.68. The lowest BCUT2D eigenvalue weighted by Crippen LogP contribution is -2.49. The number of carbonyl (C=O) groups excluding carboxylic acids is 1. The van der Waals surface area contributed by atoms with E-state index in [1.807, 2.05) is 12.1 Å². The van der Waals surface area contributed by atoms with Crippen LogP contribution in [0.4, 0.5) is 9.93 Å². The Kier molecular flexibility index (Phi) is 4.18. The van der Waals surface area contributed by atoms with E-state index in [1.165, 1.54) is 16.9 Å². The Bertz CT molecular complexity index is 716. The molecular formula is C15H17N5O3S. The Balaban J connectivity index is 1.29. The van der Waals surface area contributed by atoms with Crippen molar-refractivity contribution in [2.45, 2.75) is 6.54 Å². The predicted molar refractivity (Wildman–Crippen MR) is 88.3 cm³/mol. The number of amides is 2. The molecule has 1 saturated heterocycles. The quantitative estimate of drug-likeness (QED) is 0.909. The minimum absolute atomic E-state index is 0.116. The summed E-state index contributed by atoms with van der Waals surface area (Å²) in [5, 5.41) is 10.8. The molecule has 2 amide bonds. The van der Waals surface area contributed by atoms with Crippen molar-refractivity contribution in [3.63, 3.8) is 0 Å². The van der Waals surface area contributed by atoms with Crippen molar-refractivity contribution in [2.24, 2.45) is 0 Å². The van der Waals surface area contributed by atoms with E-state index >= 15 is 0 Å². The van der Waals surface area contributed by atoms with Crippen LogP contribution in [0.5, 0.6) is 11.5 Å². The summed E-state index contributed by atoms with van der Waals surface area (Å²) in [5.41, 5.74) is 2.78. The molecule has 1 N–H and O–H groups in total. The second kappa shape index (κ2) is 6.62. The van der Waals surface area contributed by atoms with Crippen LogP contribution in [0, 0.1) is 0 Å². The number of aromatic nitrogens is 2. The van der Waals surface area contributed by atoms with Gasteiger partial charge in [0.1, 0.15) is 5.51 Å². The van der Waals surface area contributed by atoms with Gasteiger partial charge < -0.3 is 14.4 Å². The lowest BCUT2D eigenvalue weighted by Gasteiger charge is -2.34. The number of hydrogen-bond donors (Lipinski definition) is 1. The second-order valence-corrected chi connectivity index (χ2v) is 6.46. The van der Waals surface area contributed by atoms with Crippen LogP contribution in [-0.4, -0.2) is 59.0 Å². The van der Waals surface area contributed by atoms with E-state index in [1.54, 1.807) is 10.4 Å². The average Bonchev–Trinajstić information content (AvgIpc) is 3.26. The SMILES string of the molecule is O=C(Nc1nncs1)N1CCN(Cc2ccc3c(c2)OCO3)CC1. The molecule has 1 aromatic carbocycles. The van der Waals surface area contributed by atoms with Gasteiger partial charge in [-0.25, -0.2) is 4.79 Å². The number of nitrogens with one attached hydrogen (secondary N) is 1. The number of fused-ring (bicyclic) bond motifs is 1. The minimum Gasteiger partial charge on any atom is -0.454 e. The number of rotatable bonds is 3.